The normalized spacial score (nSPS) is 17.9. The van der Waals surface area contributed by atoms with Gasteiger partial charge in [-0.25, -0.2) is 0 Å². The van der Waals surface area contributed by atoms with Crippen molar-refractivity contribution in [3.63, 3.8) is 0 Å². The van der Waals surface area contributed by atoms with Gasteiger partial charge in [0.15, 0.2) is 35.2 Å². The van der Waals surface area contributed by atoms with E-state index in [0.29, 0.717) is 5.75 Å². The van der Waals surface area contributed by atoms with Crippen LogP contribution in [0.15, 0.2) is 18.2 Å². The second-order valence-electron chi connectivity index (χ2n) is 6.16. The van der Waals surface area contributed by atoms with Crippen LogP contribution in [0, 0.1) is 0 Å². The molecule has 2 aromatic rings. The number of Topliss-reactive ketones (excluding diaryl/α,β-unsaturated/α-hetero) is 1. The molecule has 1 heterocycles. The van der Waals surface area contributed by atoms with Crippen LogP contribution in [0.3, 0.4) is 0 Å². The van der Waals surface area contributed by atoms with Crippen LogP contribution in [0.5, 0.6) is 40.2 Å². The standard InChI is InChI=1S/C20H22O9/c1-24-12-7-10(21)9(6-11(12)22)17-20(28-5)16(23)15-13(29-17)8-14(25-2)18(26-3)19(15)27-4/h6-8,17,20-22H,1-5H3. The Labute approximate surface area is 167 Å². The van der Waals surface area contributed by atoms with Crippen LogP contribution >= 0.6 is 0 Å². The van der Waals surface area contributed by atoms with Crippen LogP contribution in [0.25, 0.3) is 0 Å². The van der Waals surface area contributed by atoms with Gasteiger partial charge in [-0.15, -0.1) is 0 Å². The van der Waals surface area contributed by atoms with Crippen LogP contribution < -0.4 is 23.7 Å². The minimum Gasteiger partial charge on any atom is -0.507 e. The van der Waals surface area contributed by atoms with Gasteiger partial charge in [-0.1, -0.05) is 0 Å². The van der Waals surface area contributed by atoms with E-state index >= 15 is 0 Å². The number of phenolic OH excluding ortho intramolecular Hbond substituents is 2. The first-order valence-corrected chi connectivity index (χ1v) is 8.58. The molecule has 2 atom stereocenters. The Kier molecular flexibility index (Phi) is 5.60. The fourth-order valence-corrected chi connectivity index (χ4v) is 3.36. The predicted octanol–water partition coefficient (Wildman–Crippen LogP) is 2.46. The molecule has 0 amide bonds. The molecule has 0 saturated carbocycles. The molecule has 0 saturated heterocycles. The van der Waals surface area contributed by atoms with Crippen LogP contribution in [0.1, 0.15) is 22.0 Å². The fraction of sp³-hybridized carbons (Fsp3) is 0.350. The van der Waals surface area contributed by atoms with Gasteiger partial charge < -0.3 is 38.6 Å². The topological polar surface area (TPSA) is 113 Å². The highest BCUT2D eigenvalue weighted by Gasteiger charge is 2.43. The quantitative estimate of drug-likeness (QED) is 0.699. The summed E-state index contributed by atoms with van der Waals surface area (Å²) in [5.41, 5.74) is 0.286. The lowest BCUT2D eigenvalue weighted by Crippen LogP contribution is -2.38. The van der Waals surface area contributed by atoms with Crippen molar-refractivity contribution in [1.29, 1.82) is 0 Å². The van der Waals surface area contributed by atoms with E-state index in [2.05, 4.69) is 0 Å². The Hall–Kier alpha value is -3.33. The van der Waals surface area contributed by atoms with Gasteiger partial charge in [0.25, 0.3) is 0 Å². The summed E-state index contributed by atoms with van der Waals surface area (Å²) >= 11 is 0. The average molecular weight is 406 g/mol. The number of hydrogen-bond donors (Lipinski definition) is 2. The van der Waals surface area contributed by atoms with E-state index in [9.17, 15) is 15.0 Å². The molecule has 0 spiro atoms. The number of ether oxygens (including phenoxy) is 6. The number of ketones is 1. The zero-order valence-corrected chi connectivity index (χ0v) is 16.6. The van der Waals surface area contributed by atoms with Gasteiger partial charge in [0, 0.05) is 24.8 Å². The first kappa shape index (κ1) is 20.4. The third-order valence-electron chi connectivity index (χ3n) is 4.72. The summed E-state index contributed by atoms with van der Waals surface area (Å²) in [6.45, 7) is 0. The molecule has 9 nitrogen and oxygen atoms in total. The third kappa shape index (κ3) is 3.23. The van der Waals surface area contributed by atoms with Crippen LogP contribution in [0.2, 0.25) is 0 Å². The number of fused-ring (bicyclic) bond motifs is 1. The largest absolute Gasteiger partial charge is 0.507 e. The van der Waals surface area contributed by atoms with Crippen LogP contribution in [0.4, 0.5) is 0 Å². The van der Waals surface area contributed by atoms with E-state index < -0.39 is 18.0 Å². The van der Waals surface area contributed by atoms with E-state index in [1.54, 1.807) is 0 Å². The highest BCUT2D eigenvalue weighted by molar-refractivity contribution is 6.07. The van der Waals surface area contributed by atoms with Crippen molar-refractivity contribution in [2.75, 3.05) is 35.5 Å². The molecular weight excluding hydrogens is 384 g/mol. The molecule has 0 radical (unpaired) electrons. The number of aromatic hydroxyl groups is 2. The average Bonchev–Trinajstić information content (AvgIpc) is 2.73. The second kappa shape index (κ2) is 7.96. The smallest absolute Gasteiger partial charge is 0.204 e. The molecule has 0 aliphatic carbocycles. The molecule has 156 valence electrons. The van der Waals surface area contributed by atoms with E-state index in [0.717, 1.165) is 0 Å². The van der Waals surface area contributed by atoms with Crippen molar-refractivity contribution in [3.05, 3.63) is 29.3 Å². The Balaban J connectivity index is 2.20. The molecule has 9 heteroatoms. The number of benzene rings is 2. The summed E-state index contributed by atoms with van der Waals surface area (Å²) in [6, 6.07) is 3.99. The number of carbonyl (C=O) groups excluding carboxylic acids is 1. The van der Waals surface area contributed by atoms with Crippen LogP contribution in [-0.2, 0) is 4.74 Å². The van der Waals surface area contributed by atoms with Crippen molar-refractivity contribution >= 4 is 5.78 Å². The summed E-state index contributed by atoms with van der Waals surface area (Å²) < 4.78 is 32.4. The fourth-order valence-electron chi connectivity index (χ4n) is 3.36. The van der Waals surface area contributed by atoms with Gasteiger partial charge in [-0.05, 0) is 6.07 Å². The van der Waals surface area contributed by atoms with Crippen molar-refractivity contribution in [2.45, 2.75) is 12.2 Å². The summed E-state index contributed by atoms with van der Waals surface area (Å²) in [4.78, 5) is 13.2. The van der Waals surface area contributed by atoms with Crippen molar-refractivity contribution in [2.24, 2.45) is 0 Å². The van der Waals surface area contributed by atoms with Gasteiger partial charge in [-0.2, -0.15) is 0 Å². The Morgan fingerprint density at radius 2 is 1.48 bits per heavy atom. The minimum absolute atomic E-state index is 0.0795. The van der Waals surface area contributed by atoms with Gasteiger partial charge >= 0.3 is 0 Å². The number of methoxy groups -OCH3 is 5. The van der Waals surface area contributed by atoms with Gasteiger partial charge in [0.05, 0.1) is 28.4 Å². The summed E-state index contributed by atoms with van der Waals surface area (Å²) in [5, 5.41) is 20.5. The molecule has 1 aliphatic heterocycles. The van der Waals surface area contributed by atoms with E-state index in [-0.39, 0.29) is 45.6 Å². The van der Waals surface area contributed by atoms with E-state index in [4.69, 9.17) is 28.4 Å². The first-order valence-electron chi connectivity index (χ1n) is 8.58. The molecule has 29 heavy (non-hydrogen) atoms. The summed E-state index contributed by atoms with van der Waals surface area (Å²) in [7, 11) is 6.96. The first-order chi connectivity index (χ1) is 13.9. The maximum Gasteiger partial charge on any atom is 0.204 e. The van der Waals surface area contributed by atoms with Crippen molar-refractivity contribution in [1.82, 2.24) is 0 Å². The lowest BCUT2D eigenvalue weighted by atomic mass is 9.91. The third-order valence-corrected chi connectivity index (χ3v) is 4.72. The second-order valence-corrected chi connectivity index (χ2v) is 6.16. The Morgan fingerprint density at radius 3 is 2.03 bits per heavy atom. The van der Waals surface area contributed by atoms with Gasteiger partial charge in [0.1, 0.15) is 17.1 Å². The molecular formula is C20H22O9. The molecule has 0 aromatic heterocycles. The maximum atomic E-state index is 13.2. The zero-order chi connectivity index (χ0) is 21.3. The maximum absolute atomic E-state index is 13.2. The lowest BCUT2D eigenvalue weighted by Gasteiger charge is -2.33. The number of phenols is 2. The number of hydrogen-bond acceptors (Lipinski definition) is 9. The molecule has 2 N–H and O–H groups in total. The SMILES string of the molecule is COc1cc(O)c(C2Oc3cc(OC)c(OC)c(OC)c3C(=O)C2OC)cc1O. The van der Waals surface area contributed by atoms with Gasteiger partial charge in [0.2, 0.25) is 11.5 Å². The highest BCUT2D eigenvalue weighted by Crippen LogP contribution is 2.51. The summed E-state index contributed by atoms with van der Waals surface area (Å²) in [5.74, 6) is 0.0438. The summed E-state index contributed by atoms with van der Waals surface area (Å²) in [6.07, 6.45) is -2.16. The Bertz CT molecular complexity index is 938. The predicted molar refractivity (Wildman–Crippen MR) is 101 cm³/mol. The number of carbonyl (C=O) groups is 1. The molecule has 0 fully saturated rings. The van der Waals surface area contributed by atoms with E-state index in [1.165, 1.54) is 53.7 Å². The molecule has 2 aromatic carbocycles. The van der Waals surface area contributed by atoms with Crippen molar-refractivity contribution < 1.29 is 43.4 Å². The van der Waals surface area contributed by atoms with Gasteiger partial charge in [-0.3, -0.25) is 4.79 Å². The van der Waals surface area contributed by atoms with Crippen LogP contribution in [-0.4, -0.2) is 57.6 Å². The lowest BCUT2D eigenvalue weighted by molar-refractivity contribution is -0.00199. The molecule has 1 aliphatic rings. The van der Waals surface area contributed by atoms with Crippen molar-refractivity contribution in [3.8, 4) is 40.2 Å². The zero-order valence-electron chi connectivity index (χ0n) is 16.6. The number of rotatable bonds is 6. The molecule has 0 bridgehead atoms. The molecule has 2 unspecified atom stereocenters. The highest BCUT2D eigenvalue weighted by atomic mass is 16.6. The van der Waals surface area contributed by atoms with E-state index in [1.807, 2.05) is 0 Å². The Morgan fingerprint density at radius 1 is 0.828 bits per heavy atom. The monoisotopic (exact) mass is 406 g/mol. The minimum atomic E-state index is -1.12. The molecule has 3 rings (SSSR count).